The van der Waals surface area contributed by atoms with Crippen molar-refractivity contribution in [1.29, 1.82) is 0 Å². The molecule has 0 amide bonds. The number of hydrogen-bond donors (Lipinski definition) is 1. The lowest BCUT2D eigenvalue weighted by Crippen LogP contribution is -2.37. The van der Waals surface area contributed by atoms with Gasteiger partial charge in [0.1, 0.15) is 6.04 Å². The van der Waals surface area contributed by atoms with E-state index in [-0.39, 0.29) is 12.2 Å². The lowest BCUT2D eigenvalue weighted by Gasteiger charge is -2.23. The molecule has 0 aliphatic rings. The summed E-state index contributed by atoms with van der Waals surface area (Å²) in [5, 5.41) is 19.9. The Bertz CT molecular complexity index is 447. The van der Waals surface area contributed by atoms with Gasteiger partial charge in [0.05, 0.1) is 4.92 Å². The third-order valence-corrected chi connectivity index (χ3v) is 2.81. The standard InChI is InChI=1S/C12H16N2O4/c1-3-10(12(15)16)13(2)8-9-6-4-5-7-11(9)14(17)18/h4-7,10H,3,8H2,1-2H3,(H,15,16). The van der Waals surface area contributed by atoms with Gasteiger partial charge in [0.15, 0.2) is 0 Å². The number of likely N-dealkylation sites (N-methyl/N-ethyl adjacent to an activating group) is 1. The molecular weight excluding hydrogens is 236 g/mol. The van der Waals surface area contributed by atoms with Gasteiger partial charge < -0.3 is 5.11 Å². The van der Waals surface area contributed by atoms with Crippen LogP contribution in [0.15, 0.2) is 24.3 Å². The van der Waals surface area contributed by atoms with Crippen LogP contribution in [0.25, 0.3) is 0 Å². The minimum atomic E-state index is -0.918. The number of rotatable bonds is 6. The van der Waals surface area contributed by atoms with Gasteiger partial charge in [-0.3, -0.25) is 19.8 Å². The van der Waals surface area contributed by atoms with E-state index in [9.17, 15) is 14.9 Å². The zero-order chi connectivity index (χ0) is 13.7. The third kappa shape index (κ3) is 3.27. The van der Waals surface area contributed by atoms with E-state index in [0.717, 1.165) is 0 Å². The van der Waals surface area contributed by atoms with Gasteiger partial charge in [0.25, 0.3) is 5.69 Å². The van der Waals surface area contributed by atoms with Gasteiger partial charge in [0, 0.05) is 18.2 Å². The third-order valence-electron chi connectivity index (χ3n) is 2.81. The minimum absolute atomic E-state index is 0.0181. The highest BCUT2D eigenvalue weighted by Gasteiger charge is 2.22. The summed E-state index contributed by atoms with van der Waals surface area (Å²) in [7, 11) is 1.65. The van der Waals surface area contributed by atoms with Crippen LogP contribution < -0.4 is 0 Å². The van der Waals surface area contributed by atoms with Gasteiger partial charge in [-0.25, -0.2) is 0 Å². The Balaban J connectivity index is 2.90. The maximum Gasteiger partial charge on any atom is 0.320 e. The molecule has 0 aliphatic carbocycles. The molecule has 1 atom stereocenters. The van der Waals surface area contributed by atoms with Crippen LogP contribution in [0.3, 0.4) is 0 Å². The van der Waals surface area contributed by atoms with Crippen molar-refractivity contribution >= 4 is 11.7 Å². The lowest BCUT2D eigenvalue weighted by atomic mass is 10.1. The largest absolute Gasteiger partial charge is 0.480 e. The normalized spacial score (nSPS) is 12.4. The van der Waals surface area contributed by atoms with Crippen molar-refractivity contribution in [3.63, 3.8) is 0 Å². The second-order valence-electron chi connectivity index (χ2n) is 4.06. The van der Waals surface area contributed by atoms with Gasteiger partial charge in [-0.1, -0.05) is 25.1 Å². The number of carboxylic acids is 1. The molecule has 0 heterocycles. The maximum absolute atomic E-state index is 11.0. The highest BCUT2D eigenvalue weighted by molar-refractivity contribution is 5.73. The second kappa shape index (κ2) is 6.11. The van der Waals surface area contributed by atoms with Crippen molar-refractivity contribution in [1.82, 2.24) is 4.90 Å². The number of nitro benzene ring substituents is 1. The van der Waals surface area contributed by atoms with Crippen LogP contribution >= 0.6 is 0 Å². The predicted octanol–water partition coefficient (Wildman–Crippen LogP) is 1.89. The first kappa shape index (κ1) is 14.1. The van der Waals surface area contributed by atoms with Crippen molar-refractivity contribution in [2.45, 2.75) is 25.9 Å². The Hall–Kier alpha value is -1.95. The molecule has 1 N–H and O–H groups in total. The average Bonchev–Trinajstić information content (AvgIpc) is 2.29. The number of aliphatic carboxylic acids is 1. The number of carboxylic acid groups (broad SMARTS) is 1. The molecule has 0 aromatic heterocycles. The number of carbonyl (C=O) groups is 1. The average molecular weight is 252 g/mol. The van der Waals surface area contributed by atoms with Gasteiger partial charge in [-0.15, -0.1) is 0 Å². The number of para-hydroxylation sites is 1. The van der Waals surface area contributed by atoms with E-state index in [4.69, 9.17) is 5.11 Å². The van der Waals surface area contributed by atoms with Crippen LogP contribution in [0.1, 0.15) is 18.9 Å². The smallest absolute Gasteiger partial charge is 0.320 e. The monoisotopic (exact) mass is 252 g/mol. The molecule has 98 valence electrons. The van der Waals surface area contributed by atoms with E-state index in [0.29, 0.717) is 12.0 Å². The number of nitro groups is 1. The molecule has 0 saturated heterocycles. The first-order valence-electron chi connectivity index (χ1n) is 5.62. The fourth-order valence-corrected chi connectivity index (χ4v) is 1.88. The molecule has 0 spiro atoms. The summed E-state index contributed by atoms with van der Waals surface area (Å²) in [4.78, 5) is 23.0. The summed E-state index contributed by atoms with van der Waals surface area (Å²) < 4.78 is 0. The number of benzene rings is 1. The van der Waals surface area contributed by atoms with Crippen LogP contribution in [0, 0.1) is 10.1 Å². The molecule has 18 heavy (non-hydrogen) atoms. The predicted molar refractivity (Wildman–Crippen MR) is 66.3 cm³/mol. The molecule has 0 aliphatic heterocycles. The Morgan fingerprint density at radius 3 is 2.61 bits per heavy atom. The highest BCUT2D eigenvalue weighted by Crippen LogP contribution is 2.20. The number of hydrogen-bond acceptors (Lipinski definition) is 4. The topological polar surface area (TPSA) is 83.7 Å². The van der Waals surface area contributed by atoms with E-state index in [1.165, 1.54) is 6.07 Å². The quantitative estimate of drug-likeness (QED) is 0.617. The zero-order valence-electron chi connectivity index (χ0n) is 10.4. The first-order valence-corrected chi connectivity index (χ1v) is 5.62. The first-order chi connectivity index (χ1) is 8.47. The van der Waals surface area contributed by atoms with Crippen molar-refractivity contribution in [2.75, 3.05) is 7.05 Å². The lowest BCUT2D eigenvalue weighted by molar-refractivity contribution is -0.385. The summed E-state index contributed by atoms with van der Waals surface area (Å²) in [6.07, 6.45) is 0.451. The van der Waals surface area contributed by atoms with Crippen molar-refractivity contribution in [3.05, 3.63) is 39.9 Å². The summed E-state index contributed by atoms with van der Waals surface area (Å²) in [5.74, 6) is -0.918. The Morgan fingerprint density at radius 1 is 1.50 bits per heavy atom. The maximum atomic E-state index is 11.0. The zero-order valence-corrected chi connectivity index (χ0v) is 10.4. The van der Waals surface area contributed by atoms with Crippen molar-refractivity contribution in [2.24, 2.45) is 0 Å². The van der Waals surface area contributed by atoms with E-state index < -0.39 is 16.9 Å². The van der Waals surface area contributed by atoms with Gasteiger partial charge in [0.2, 0.25) is 0 Å². The molecule has 6 heteroatoms. The minimum Gasteiger partial charge on any atom is -0.480 e. The Morgan fingerprint density at radius 2 is 2.11 bits per heavy atom. The van der Waals surface area contributed by atoms with Crippen LogP contribution in [0.4, 0.5) is 5.69 Å². The van der Waals surface area contributed by atoms with Crippen LogP contribution in [-0.4, -0.2) is 34.0 Å². The molecule has 1 rings (SSSR count). The highest BCUT2D eigenvalue weighted by atomic mass is 16.6. The molecule has 1 unspecified atom stereocenters. The van der Waals surface area contributed by atoms with Crippen molar-refractivity contribution < 1.29 is 14.8 Å². The second-order valence-corrected chi connectivity index (χ2v) is 4.06. The number of nitrogens with zero attached hydrogens (tertiary/aromatic N) is 2. The van der Waals surface area contributed by atoms with Gasteiger partial charge in [-0.2, -0.15) is 0 Å². The van der Waals surface area contributed by atoms with Crippen LogP contribution in [0.5, 0.6) is 0 Å². The molecule has 0 radical (unpaired) electrons. The molecule has 0 bridgehead atoms. The fourth-order valence-electron chi connectivity index (χ4n) is 1.88. The Labute approximate surface area is 105 Å². The summed E-state index contributed by atoms with van der Waals surface area (Å²) in [6.45, 7) is 2.01. The molecule has 0 fully saturated rings. The SMILES string of the molecule is CCC(C(=O)O)N(C)Cc1ccccc1[N+](=O)[O-]. The molecular formula is C12H16N2O4. The van der Waals surface area contributed by atoms with Crippen LogP contribution in [0.2, 0.25) is 0 Å². The Kier molecular flexibility index (Phi) is 4.79. The molecule has 0 saturated carbocycles. The molecule has 1 aromatic rings. The van der Waals surface area contributed by atoms with Gasteiger partial charge >= 0.3 is 5.97 Å². The van der Waals surface area contributed by atoms with Crippen LogP contribution in [-0.2, 0) is 11.3 Å². The van der Waals surface area contributed by atoms with E-state index in [2.05, 4.69) is 0 Å². The van der Waals surface area contributed by atoms with Crippen molar-refractivity contribution in [3.8, 4) is 0 Å². The fraction of sp³-hybridized carbons (Fsp3) is 0.417. The van der Waals surface area contributed by atoms with Gasteiger partial charge in [-0.05, 0) is 13.5 Å². The molecule has 1 aromatic carbocycles. The molecule has 6 nitrogen and oxygen atoms in total. The van der Waals surface area contributed by atoms with E-state index in [1.807, 2.05) is 0 Å². The summed E-state index contributed by atoms with van der Waals surface area (Å²) >= 11 is 0. The van der Waals surface area contributed by atoms with E-state index in [1.54, 1.807) is 37.1 Å². The van der Waals surface area contributed by atoms with E-state index >= 15 is 0 Å². The summed E-state index contributed by atoms with van der Waals surface area (Å²) in [5.41, 5.74) is 0.536. The summed E-state index contributed by atoms with van der Waals surface area (Å²) in [6, 6.07) is 5.73.